The number of esters is 1. The molecule has 0 atom stereocenters. The minimum Gasteiger partial charge on any atom is -0.462 e. The Bertz CT molecular complexity index is 346. The maximum absolute atomic E-state index is 11.2. The highest BCUT2D eigenvalue weighted by Crippen LogP contribution is 2.14. The lowest BCUT2D eigenvalue weighted by atomic mass is 10.0. The quantitative estimate of drug-likeness (QED) is 0.0948. The molecule has 0 amide bonds. The monoisotopic (exact) mass is 364 g/mol. The third-order valence-corrected chi connectivity index (χ3v) is 4.88. The summed E-state index contributed by atoms with van der Waals surface area (Å²) in [6, 6.07) is 0. The van der Waals surface area contributed by atoms with Crippen LogP contribution in [-0.2, 0) is 9.53 Å². The fraction of sp³-hybridized carbons (Fsp3) is 0.792. The molecule has 0 saturated heterocycles. The summed E-state index contributed by atoms with van der Waals surface area (Å²) in [6.07, 6.45) is 24.7. The summed E-state index contributed by atoms with van der Waals surface area (Å²) in [4.78, 5) is 11.2. The third kappa shape index (κ3) is 19.3. The molecule has 26 heavy (non-hydrogen) atoms. The number of carbonyl (C=O) groups is 1. The maximum Gasteiger partial charge on any atom is 0.333 e. The number of rotatable bonds is 20. The molecule has 0 unspecified atom stereocenters. The molecule has 0 aromatic heterocycles. The van der Waals surface area contributed by atoms with E-state index in [1.54, 1.807) is 6.92 Å². The number of carbonyl (C=O) groups excluding carboxylic acids is 1. The standard InChI is InChI=1S/C24H44O2/c1-4-5-6-7-8-9-10-11-12-13-14-15-16-17-18-19-20-21-22-26-24(25)23(2)3/h4H,1-2,5-22H2,3H3. The highest BCUT2D eigenvalue weighted by atomic mass is 16.5. The van der Waals surface area contributed by atoms with Gasteiger partial charge in [-0.1, -0.05) is 103 Å². The van der Waals surface area contributed by atoms with Crippen LogP contribution in [0.3, 0.4) is 0 Å². The van der Waals surface area contributed by atoms with Crippen molar-refractivity contribution >= 4 is 5.97 Å². The molecular formula is C24H44O2. The molecule has 0 rings (SSSR count). The van der Waals surface area contributed by atoms with Gasteiger partial charge in [-0.15, -0.1) is 6.58 Å². The summed E-state index contributed by atoms with van der Waals surface area (Å²) in [7, 11) is 0. The summed E-state index contributed by atoms with van der Waals surface area (Å²) in [6.45, 7) is 9.58. The molecule has 0 aromatic carbocycles. The lowest BCUT2D eigenvalue weighted by Crippen LogP contribution is -2.05. The summed E-state index contributed by atoms with van der Waals surface area (Å²) in [5.41, 5.74) is 0.490. The molecule has 0 aliphatic carbocycles. The van der Waals surface area contributed by atoms with Crippen molar-refractivity contribution in [2.75, 3.05) is 6.61 Å². The average molecular weight is 365 g/mol. The second-order valence-electron chi connectivity index (χ2n) is 7.65. The third-order valence-electron chi connectivity index (χ3n) is 4.88. The molecule has 0 bridgehead atoms. The van der Waals surface area contributed by atoms with E-state index in [4.69, 9.17) is 4.74 Å². The number of hydrogen-bond donors (Lipinski definition) is 0. The Kier molecular flexibility index (Phi) is 19.4. The van der Waals surface area contributed by atoms with Crippen LogP contribution >= 0.6 is 0 Å². The predicted octanol–water partition coefficient (Wildman–Crippen LogP) is 7.92. The first-order valence-corrected chi connectivity index (χ1v) is 11.1. The minimum absolute atomic E-state index is 0.256. The Morgan fingerprint density at radius 3 is 1.38 bits per heavy atom. The van der Waals surface area contributed by atoms with Crippen molar-refractivity contribution in [1.29, 1.82) is 0 Å². The molecule has 0 saturated carbocycles. The van der Waals surface area contributed by atoms with Gasteiger partial charge in [0.05, 0.1) is 6.61 Å². The van der Waals surface area contributed by atoms with Crippen molar-refractivity contribution in [3.05, 3.63) is 24.8 Å². The maximum atomic E-state index is 11.2. The van der Waals surface area contributed by atoms with Crippen LogP contribution in [0.4, 0.5) is 0 Å². The van der Waals surface area contributed by atoms with Gasteiger partial charge in [-0.3, -0.25) is 0 Å². The molecule has 2 heteroatoms. The van der Waals surface area contributed by atoms with Crippen LogP contribution in [0.1, 0.15) is 116 Å². The average Bonchev–Trinajstić information content (AvgIpc) is 2.63. The van der Waals surface area contributed by atoms with Crippen molar-refractivity contribution in [1.82, 2.24) is 0 Å². The first kappa shape index (κ1) is 24.9. The summed E-state index contributed by atoms with van der Waals surface area (Å²) in [5.74, 6) is -0.256. The Hall–Kier alpha value is -1.05. The van der Waals surface area contributed by atoms with E-state index in [0.717, 1.165) is 12.8 Å². The lowest BCUT2D eigenvalue weighted by molar-refractivity contribution is -0.139. The molecule has 0 aliphatic rings. The van der Waals surface area contributed by atoms with Crippen LogP contribution in [0.15, 0.2) is 24.8 Å². The fourth-order valence-corrected chi connectivity index (χ4v) is 3.15. The Morgan fingerprint density at radius 2 is 1.04 bits per heavy atom. The molecule has 0 heterocycles. The van der Waals surface area contributed by atoms with Crippen molar-refractivity contribution in [3.8, 4) is 0 Å². The highest BCUT2D eigenvalue weighted by Gasteiger charge is 2.01. The molecule has 0 aromatic rings. The topological polar surface area (TPSA) is 26.3 Å². The summed E-state index contributed by atoms with van der Waals surface area (Å²) >= 11 is 0. The zero-order valence-electron chi connectivity index (χ0n) is 17.5. The molecule has 0 radical (unpaired) electrons. The van der Waals surface area contributed by atoms with Gasteiger partial charge in [0, 0.05) is 5.57 Å². The fourth-order valence-electron chi connectivity index (χ4n) is 3.15. The molecule has 0 fully saturated rings. The van der Waals surface area contributed by atoms with Gasteiger partial charge in [0.15, 0.2) is 0 Å². The van der Waals surface area contributed by atoms with E-state index in [2.05, 4.69) is 13.2 Å². The van der Waals surface area contributed by atoms with Gasteiger partial charge in [-0.05, 0) is 26.2 Å². The van der Waals surface area contributed by atoms with E-state index in [1.165, 1.54) is 96.3 Å². The summed E-state index contributed by atoms with van der Waals surface area (Å²) < 4.78 is 5.09. The van der Waals surface area contributed by atoms with Crippen molar-refractivity contribution in [3.63, 3.8) is 0 Å². The molecule has 0 spiro atoms. The lowest BCUT2D eigenvalue weighted by Gasteiger charge is -2.05. The SMILES string of the molecule is C=CCCCCCCCCCCCCCCCCCCOC(=O)C(=C)C. The second-order valence-corrected chi connectivity index (χ2v) is 7.65. The first-order valence-electron chi connectivity index (χ1n) is 11.1. The Balaban J connectivity index is 3.06. The van der Waals surface area contributed by atoms with Crippen LogP contribution in [0, 0.1) is 0 Å². The molecule has 152 valence electrons. The van der Waals surface area contributed by atoms with Gasteiger partial charge in [0.1, 0.15) is 0 Å². The van der Waals surface area contributed by atoms with Gasteiger partial charge in [0.2, 0.25) is 0 Å². The van der Waals surface area contributed by atoms with Gasteiger partial charge >= 0.3 is 5.97 Å². The van der Waals surface area contributed by atoms with Gasteiger partial charge < -0.3 is 4.74 Å². The number of hydrogen-bond acceptors (Lipinski definition) is 2. The van der Waals surface area contributed by atoms with E-state index in [9.17, 15) is 4.79 Å². The second kappa shape index (κ2) is 20.3. The zero-order chi connectivity index (χ0) is 19.3. The normalized spacial score (nSPS) is 10.7. The van der Waals surface area contributed by atoms with E-state index in [-0.39, 0.29) is 5.97 Å². The molecule has 0 aliphatic heterocycles. The minimum atomic E-state index is -0.256. The van der Waals surface area contributed by atoms with Gasteiger partial charge in [0.25, 0.3) is 0 Å². The van der Waals surface area contributed by atoms with E-state index < -0.39 is 0 Å². The van der Waals surface area contributed by atoms with Crippen LogP contribution < -0.4 is 0 Å². The largest absolute Gasteiger partial charge is 0.462 e. The van der Waals surface area contributed by atoms with Crippen molar-refractivity contribution in [2.24, 2.45) is 0 Å². The zero-order valence-corrected chi connectivity index (χ0v) is 17.5. The van der Waals surface area contributed by atoms with Crippen LogP contribution in [0.2, 0.25) is 0 Å². The van der Waals surface area contributed by atoms with Crippen LogP contribution in [-0.4, -0.2) is 12.6 Å². The Labute approximate surface area is 163 Å². The predicted molar refractivity (Wildman–Crippen MR) is 114 cm³/mol. The molecular weight excluding hydrogens is 320 g/mol. The number of unbranched alkanes of at least 4 members (excludes halogenated alkanes) is 16. The van der Waals surface area contributed by atoms with E-state index in [0.29, 0.717) is 12.2 Å². The number of allylic oxidation sites excluding steroid dienone is 1. The smallest absolute Gasteiger partial charge is 0.333 e. The van der Waals surface area contributed by atoms with Gasteiger partial charge in [-0.2, -0.15) is 0 Å². The van der Waals surface area contributed by atoms with Crippen LogP contribution in [0.25, 0.3) is 0 Å². The van der Waals surface area contributed by atoms with Crippen molar-refractivity contribution in [2.45, 2.75) is 116 Å². The Morgan fingerprint density at radius 1 is 0.692 bits per heavy atom. The summed E-state index contributed by atoms with van der Waals surface area (Å²) in [5, 5.41) is 0. The molecule has 0 N–H and O–H groups in total. The van der Waals surface area contributed by atoms with E-state index >= 15 is 0 Å². The highest BCUT2D eigenvalue weighted by molar-refractivity contribution is 5.86. The molecule has 2 nitrogen and oxygen atoms in total. The number of ether oxygens (including phenoxy) is 1. The van der Waals surface area contributed by atoms with E-state index in [1.807, 2.05) is 6.08 Å². The first-order chi connectivity index (χ1) is 12.7. The van der Waals surface area contributed by atoms with Gasteiger partial charge in [-0.25, -0.2) is 4.79 Å². The van der Waals surface area contributed by atoms with Crippen molar-refractivity contribution < 1.29 is 9.53 Å². The van der Waals surface area contributed by atoms with Crippen LogP contribution in [0.5, 0.6) is 0 Å².